The predicted molar refractivity (Wildman–Crippen MR) is 47.6 cm³/mol. The molecule has 0 saturated carbocycles. The number of halogens is 3. The Bertz CT molecular complexity index is 77.1. The van der Waals surface area contributed by atoms with Gasteiger partial charge in [0, 0.05) is 12.1 Å². The van der Waals surface area contributed by atoms with Crippen LogP contribution in [0.2, 0.25) is 0 Å². The van der Waals surface area contributed by atoms with Gasteiger partial charge in [-0.05, 0) is 6.42 Å². The normalized spacial score (nSPS) is 7.70. The van der Waals surface area contributed by atoms with Crippen molar-refractivity contribution in [1.82, 2.24) is 0 Å². The van der Waals surface area contributed by atoms with Gasteiger partial charge in [0.15, 0.2) is 0 Å². The van der Waals surface area contributed by atoms with Crippen molar-refractivity contribution in [2.45, 2.75) is 19.8 Å². The Hall–Kier alpha value is 0.570. The second-order valence-electron chi connectivity index (χ2n) is 1.48. The molecule has 1 N–H and O–H groups in total. The lowest BCUT2D eigenvalue weighted by atomic mass is 10.4. The third kappa shape index (κ3) is 23.5. The quantitative estimate of drug-likeness (QED) is 0.733. The van der Waals surface area contributed by atoms with Crippen LogP contribution in [0.25, 0.3) is 0 Å². The molecule has 0 fully saturated rings. The number of rotatable bonds is 2. The van der Waals surface area contributed by atoms with Gasteiger partial charge in [-0.2, -0.15) is 0 Å². The number of hydrogen-bond donors (Lipinski definition) is 1. The number of aliphatic hydroxyl groups excluding tert-OH is 1. The van der Waals surface area contributed by atoms with Crippen molar-refractivity contribution in [2.75, 3.05) is 6.61 Å². The van der Waals surface area contributed by atoms with Crippen molar-refractivity contribution in [3.05, 3.63) is 10.0 Å². The van der Waals surface area contributed by atoms with Crippen LogP contribution in [0.5, 0.6) is 0 Å². The van der Waals surface area contributed by atoms with Crippen LogP contribution in [0.15, 0.2) is 10.0 Å². The number of aliphatic hydroxyl groups is 1. The maximum atomic E-state index is 8.07. The lowest BCUT2D eigenvalue weighted by molar-refractivity contribution is 0.287. The van der Waals surface area contributed by atoms with Crippen LogP contribution in [-0.4, -0.2) is 11.7 Å². The summed E-state index contributed by atoms with van der Waals surface area (Å²) in [5, 5.41) is 8.07. The van der Waals surface area contributed by atoms with Crippen LogP contribution in [0.3, 0.4) is 0 Å². The van der Waals surface area contributed by atoms with Gasteiger partial charge in [0.05, 0.1) is 0 Å². The fourth-order valence-corrected chi connectivity index (χ4v) is 0.158. The van der Waals surface area contributed by atoms with E-state index in [-0.39, 0.29) is 4.49 Å². The summed E-state index contributed by atoms with van der Waals surface area (Å²) in [6, 6.07) is 0. The van der Waals surface area contributed by atoms with Crippen molar-refractivity contribution >= 4 is 34.8 Å². The van der Waals surface area contributed by atoms with Gasteiger partial charge in [-0.15, -0.1) is 0 Å². The molecule has 0 bridgehead atoms. The second kappa shape index (κ2) is 12.3. The van der Waals surface area contributed by atoms with Gasteiger partial charge in [0.2, 0.25) is 0 Å². The minimum Gasteiger partial charge on any atom is -0.396 e. The van der Waals surface area contributed by atoms with E-state index in [1.807, 2.05) is 0 Å². The highest BCUT2D eigenvalue weighted by Crippen LogP contribution is 2.05. The minimum absolute atomic E-state index is 0.0895. The molecule has 0 amide bonds. The predicted octanol–water partition coefficient (Wildman–Crippen LogP) is 3.28. The van der Waals surface area contributed by atoms with E-state index in [4.69, 9.17) is 39.9 Å². The Morgan fingerprint density at radius 1 is 1.50 bits per heavy atom. The third-order valence-corrected chi connectivity index (χ3v) is 1.25. The molecule has 10 heavy (non-hydrogen) atoms. The zero-order valence-electron chi connectivity index (χ0n) is 5.78. The van der Waals surface area contributed by atoms with Gasteiger partial charge in [0.25, 0.3) is 0 Å². The van der Waals surface area contributed by atoms with Crippen LogP contribution in [0.1, 0.15) is 19.8 Å². The smallest absolute Gasteiger partial charge is 0.118 e. The standard InChI is InChI=1S/C4H10O.C2HCl3/c1-2-3-4-5;3-1-2(4)5/h5H,2-4H2,1H3;1H. The van der Waals surface area contributed by atoms with Gasteiger partial charge in [0.1, 0.15) is 4.49 Å². The monoisotopic (exact) mass is 204 g/mol. The molecule has 0 radical (unpaired) electrons. The van der Waals surface area contributed by atoms with Gasteiger partial charge in [-0.25, -0.2) is 0 Å². The van der Waals surface area contributed by atoms with Crippen molar-refractivity contribution < 1.29 is 5.11 Å². The van der Waals surface area contributed by atoms with Crippen LogP contribution in [0, 0.1) is 0 Å². The molecule has 0 aliphatic rings. The Morgan fingerprint density at radius 2 is 1.90 bits per heavy atom. The van der Waals surface area contributed by atoms with E-state index in [0.29, 0.717) is 6.61 Å². The lowest BCUT2D eigenvalue weighted by Crippen LogP contribution is -1.75. The van der Waals surface area contributed by atoms with E-state index in [9.17, 15) is 0 Å². The molecule has 0 aromatic rings. The van der Waals surface area contributed by atoms with Crippen molar-refractivity contribution in [3.8, 4) is 0 Å². The number of unbranched alkanes of at least 4 members (excludes halogenated alkanes) is 1. The van der Waals surface area contributed by atoms with E-state index in [2.05, 4.69) is 6.92 Å². The summed E-state index contributed by atoms with van der Waals surface area (Å²) in [5.41, 5.74) is 1.09. The molecule has 62 valence electrons. The van der Waals surface area contributed by atoms with Crippen LogP contribution < -0.4 is 0 Å². The minimum atomic E-state index is 0.0895. The molecule has 0 saturated heterocycles. The first-order valence-electron chi connectivity index (χ1n) is 2.91. The van der Waals surface area contributed by atoms with Gasteiger partial charge in [-0.3, -0.25) is 0 Å². The zero-order valence-corrected chi connectivity index (χ0v) is 8.05. The van der Waals surface area contributed by atoms with Gasteiger partial charge < -0.3 is 5.11 Å². The van der Waals surface area contributed by atoms with E-state index in [0.717, 1.165) is 18.4 Å². The summed E-state index contributed by atoms with van der Waals surface area (Å²) < 4.78 is 0.0895. The molecule has 0 aliphatic carbocycles. The summed E-state index contributed by atoms with van der Waals surface area (Å²) in [5.74, 6) is 0. The SMILES string of the molecule is CCCCO.ClC=C(Cl)Cl. The molecule has 4 heteroatoms. The Balaban J connectivity index is 0. The summed E-state index contributed by atoms with van der Waals surface area (Å²) in [6.07, 6.45) is 2.04. The van der Waals surface area contributed by atoms with Crippen molar-refractivity contribution in [3.63, 3.8) is 0 Å². The van der Waals surface area contributed by atoms with E-state index >= 15 is 0 Å². The molecule has 0 spiro atoms. The molecule has 0 atom stereocenters. The summed E-state index contributed by atoms with van der Waals surface area (Å²) in [6.45, 7) is 2.40. The largest absolute Gasteiger partial charge is 0.396 e. The molecular weight excluding hydrogens is 194 g/mol. The number of hydrogen-bond acceptors (Lipinski definition) is 1. The first-order valence-corrected chi connectivity index (χ1v) is 4.10. The zero-order chi connectivity index (χ0) is 8.41. The lowest BCUT2D eigenvalue weighted by Gasteiger charge is -1.79. The van der Waals surface area contributed by atoms with Crippen molar-refractivity contribution in [2.24, 2.45) is 0 Å². The van der Waals surface area contributed by atoms with Crippen molar-refractivity contribution in [1.29, 1.82) is 0 Å². The highest BCUT2D eigenvalue weighted by Gasteiger charge is 1.70. The Morgan fingerprint density at radius 3 is 1.90 bits per heavy atom. The van der Waals surface area contributed by atoms with E-state index < -0.39 is 0 Å². The molecule has 0 aliphatic heterocycles. The summed E-state index contributed by atoms with van der Waals surface area (Å²) in [4.78, 5) is 0. The average molecular weight is 206 g/mol. The molecule has 0 unspecified atom stereocenters. The molecule has 0 aromatic heterocycles. The fourth-order valence-electron chi connectivity index (χ4n) is 0.158. The summed E-state index contributed by atoms with van der Waals surface area (Å²) in [7, 11) is 0. The second-order valence-corrected chi connectivity index (χ2v) is 2.70. The van der Waals surface area contributed by atoms with E-state index in [1.165, 1.54) is 0 Å². The third-order valence-electron chi connectivity index (χ3n) is 0.594. The first kappa shape index (κ1) is 13.2. The van der Waals surface area contributed by atoms with Crippen LogP contribution in [0.4, 0.5) is 0 Å². The highest BCUT2D eigenvalue weighted by atomic mass is 35.5. The maximum absolute atomic E-state index is 8.07. The molecule has 0 heterocycles. The van der Waals surface area contributed by atoms with Gasteiger partial charge >= 0.3 is 0 Å². The maximum Gasteiger partial charge on any atom is 0.118 e. The molecule has 0 aromatic carbocycles. The molecular formula is C6H11Cl3O. The Kier molecular flexibility index (Phi) is 16.2. The van der Waals surface area contributed by atoms with E-state index in [1.54, 1.807) is 0 Å². The molecule has 1 nitrogen and oxygen atoms in total. The van der Waals surface area contributed by atoms with Gasteiger partial charge in [-0.1, -0.05) is 48.1 Å². The van der Waals surface area contributed by atoms with Crippen LogP contribution >= 0.6 is 34.8 Å². The highest BCUT2D eigenvalue weighted by molar-refractivity contribution is 6.58. The van der Waals surface area contributed by atoms with Crippen LogP contribution in [-0.2, 0) is 0 Å². The fraction of sp³-hybridized carbons (Fsp3) is 0.667. The Labute approximate surface area is 76.6 Å². The summed E-state index contributed by atoms with van der Waals surface area (Å²) >= 11 is 14.8. The first-order chi connectivity index (χ1) is 4.68. The molecule has 0 rings (SSSR count). The topological polar surface area (TPSA) is 20.2 Å². The average Bonchev–Trinajstić information content (AvgIpc) is 1.91.